The van der Waals surface area contributed by atoms with Gasteiger partial charge in [-0.3, -0.25) is 0 Å². The van der Waals surface area contributed by atoms with Crippen molar-refractivity contribution in [1.82, 2.24) is 4.31 Å². The van der Waals surface area contributed by atoms with Gasteiger partial charge in [0.15, 0.2) is 0 Å². The van der Waals surface area contributed by atoms with Gasteiger partial charge >= 0.3 is 0 Å². The molecule has 0 heterocycles. The van der Waals surface area contributed by atoms with E-state index in [1.807, 2.05) is 13.8 Å². The Hall–Kier alpha value is -1.27. The van der Waals surface area contributed by atoms with Crippen molar-refractivity contribution in [1.29, 1.82) is 0 Å². The van der Waals surface area contributed by atoms with Gasteiger partial charge in [0, 0.05) is 25.3 Å². The third kappa shape index (κ3) is 5.38. The summed E-state index contributed by atoms with van der Waals surface area (Å²) in [5.74, 6) is 0.906. The standard InChI is InChI=1S/C14H24N2O3S/c1-4-12(2)11-16(3)20(17,18)9-8-19-14-7-5-6-13(15)10-14/h5-7,10,12H,4,8-9,11,15H2,1-3H3. The molecule has 0 saturated heterocycles. The quantitative estimate of drug-likeness (QED) is 0.745. The molecule has 0 aromatic heterocycles. The number of benzene rings is 1. The van der Waals surface area contributed by atoms with Crippen LogP contribution in [0.1, 0.15) is 20.3 Å². The molecule has 0 radical (unpaired) electrons. The second kappa shape index (κ2) is 7.50. The van der Waals surface area contributed by atoms with E-state index in [0.717, 1.165) is 6.42 Å². The number of ether oxygens (including phenoxy) is 1. The molecule has 1 aromatic carbocycles. The minimum atomic E-state index is -3.27. The van der Waals surface area contributed by atoms with Crippen LogP contribution in [-0.2, 0) is 10.0 Å². The minimum absolute atomic E-state index is 0.0330. The van der Waals surface area contributed by atoms with E-state index in [1.54, 1.807) is 31.3 Å². The van der Waals surface area contributed by atoms with Gasteiger partial charge in [0.25, 0.3) is 0 Å². The lowest BCUT2D eigenvalue weighted by Crippen LogP contribution is -2.34. The zero-order valence-corrected chi connectivity index (χ0v) is 13.2. The van der Waals surface area contributed by atoms with E-state index in [4.69, 9.17) is 10.5 Å². The maximum atomic E-state index is 12.1. The first-order valence-electron chi connectivity index (χ1n) is 6.77. The molecule has 0 aliphatic carbocycles. The smallest absolute Gasteiger partial charge is 0.217 e. The van der Waals surface area contributed by atoms with Crippen LogP contribution in [0.5, 0.6) is 5.75 Å². The number of nitrogens with two attached hydrogens (primary N) is 1. The highest BCUT2D eigenvalue weighted by atomic mass is 32.2. The molecule has 1 aromatic rings. The van der Waals surface area contributed by atoms with Gasteiger partial charge in [-0.25, -0.2) is 12.7 Å². The topological polar surface area (TPSA) is 72.6 Å². The highest BCUT2D eigenvalue weighted by Crippen LogP contribution is 2.14. The summed E-state index contributed by atoms with van der Waals surface area (Å²) in [6, 6.07) is 6.96. The highest BCUT2D eigenvalue weighted by molar-refractivity contribution is 7.89. The van der Waals surface area contributed by atoms with Gasteiger partial charge in [0.2, 0.25) is 10.0 Å². The van der Waals surface area contributed by atoms with Crippen LogP contribution in [0.4, 0.5) is 5.69 Å². The molecule has 1 atom stereocenters. The Morgan fingerprint density at radius 2 is 2.10 bits per heavy atom. The number of hydrogen-bond acceptors (Lipinski definition) is 4. The zero-order chi connectivity index (χ0) is 15.2. The molecule has 1 unspecified atom stereocenters. The fourth-order valence-electron chi connectivity index (χ4n) is 1.71. The van der Waals surface area contributed by atoms with Gasteiger partial charge in [-0.05, 0) is 18.1 Å². The number of nitrogen functional groups attached to an aromatic ring is 1. The zero-order valence-electron chi connectivity index (χ0n) is 12.4. The molecule has 0 saturated carbocycles. The first-order valence-corrected chi connectivity index (χ1v) is 8.38. The number of hydrogen-bond donors (Lipinski definition) is 1. The van der Waals surface area contributed by atoms with Crippen molar-refractivity contribution in [2.24, 2.45) is 5.92 Å². The molecule has 0 fully saturated rings. The predicted molar refractivity (Wildman–Crippen MR) is 82.2 cm³/mol. The Bertz CT molecular complexity index is 517. The van der Waals surface area contributed by atoms with Gasteiger partial charge in [-0.1, -0.05) is 26.3 Å². The van der Waals surface area contributed by atoms with E-state index >= 15 is 0 Å². The molecule has 6 heteroatoms. The summed E-state index contributed by atoms with van der Waals surface area (Å²) in [5.41, 5.74) is 6.22. The van der Waals surface area contributed by atoms with Gasteiger partial charge in [-0.15, -0.1) is 0 Å². The summed E-state index contributed by atoms with van der Waals surface area (Å²) in [6.45, 7) is 4.75. The molecule has 0 spiro atoms. The van der Waals surface area contributed by atoms with Crippen molar-refractivity contribution in [3.05, 3.63) is 24.3 Å². The summed E-state index contributed by atoms with van der Waals surface area (Å²) < 4.78 is 30.9. The van der Waals surface area contributed by atoms with Crippen LogP contribution in [0.25, 0.3) is 0 Å². The maximum Gasteiger partial charge on any atom is 0.217 e. The third-order valence-electron chi connectivity index (χ3n) is 3.21. The number of nitrogens with zero attached hydrogens (tertiary/aromatic N) is 1. The van der Waals surface area contributed by atoms with E-state index < -0.39 is 10.0 Å². The molecule has 0 aliphatic heterocycles. The summed E-state index contributed by atoms with van der Waals surface area (Å²) in [6.07, 6.45) is 0.958. The van der Waals surface area contributed by atoms with Crippen molar-refractivity contribution in [3.8, 4) is 5.75 Å². The lowest BCUT2D eigenvalue weighted by molar-refractivity contribution is 0.333. The highest BCUT2D eigenvalue weighted by Gasteiger charge is 2.19. The summed E-state index contributed by atoms with van der Waals surface area (Å²) in [4.78, 5) is 0. The van der Waals surface area contributed by atoms with Gasteiger partial charge in [-0.2, -0.15) is 0 Å². The van der Waals surface area contributed by atoms with Gasteiger partial charge in [0.05, 0.1) is 5.75 Å². The molecular weight excluding hydrogens is 276 g/mol. The van der Waals surface area contributed by atoms with E-state index in [0.29, 0.717) is 23.9 Å². The van der Waals surface area contributed by atoms with Crippen LogP contribution in [0.2, 0.25) is 0 Å². The van der Waals surface area contributed by atoms with Crippen LogP contribution >= 0.6 is 0 Å². The lowest BCUT2D eigenvalue weighted by atomic mass is 10.1. The summed E-state index contributed by atoms with van der Waals surface area (Å²) >= 11 is 0. The predicted octanol–water partition coefficient (Wildman–Crippen LogP) is 1.96. The number of rotatable bonds is 8. The molecule has 5 nitrogen and oxygen atoms in total. The second-order valence-electron chi connectivity index (χ2n) is 5.03. The van der Waals surface area contributed by atoms with Crippen LogP contribution in [0, 0.1) is 5.92 Å². The minimum Gasteiger partial charge on any atom is -0.492 e. The molecular formula is C14H24N2O3S. The van der Waals surface area contributed by atoms with Crippen LogP contribution in [0.3, 0.4) is 0 Å². The molecule has 20 heavy (non-hydrogen) atoms. The normalized spacial score (nSPS) is 13.4. The largest absolute Gasteiger partial charge is 0.492 e. The van der Waals surface area contributed by atoms with E-state index in [2.05, 4.69) is 0 Å². The number of anilines is 1. The Morgan fingerprint density at radius 1 is 1.40 bits per heavy atom. The average Bonchev–Trinajstić information content (AvgIpc) is 2.38. The lowest BCUT2D eigenvalue weighted by Gasteiger charge is -2.20. The Labute approximate surface area is 121 Å². The first kappa shape index (κ1) is 16.8. The average molecular weight is 300 g/mol. The third-order valence-corrected chi connectivity index (χ3v) is 4.99. The monoisotopic (exact) mass is 300 g/mol. The molecule has 114 valence electrons. The van der Waals surface area contributed by atoms with E-state index in [-0.39, 0.29) is 12.4 Å². The van der Waals surface area contributed by atoms with Gasteiger partial charge < -0.3 is 10.5 Å². The molecule has 1 rings (SSSR count). The second-order valence-corrected chi connectivity index (χ2v) is 7.23. The van der Waals surface area contributed by atoms with E-state index in [1.165, 1.54) is 4.31 Å². The Balaban J connectivity index is 2.47. The van der Waals surface area contributed by atoms with Gasteiger partial charge in [0.1, 0.15) is 12.4 Å². The Morgan fingerprint density at radius 3 is 2.70 bits per heavy atom. The maximum absolute atomic E-state index is 12.1. The fourth-order valence-corrected chi connectivity index (χ4v) is 2.79. The summed E-state index contributed by atoms with van der Waals surface area (Å²) in [5, 5.41) is 0. The molecule has 0 bridgehead atoms. The molecule has 2 N–H and O–H groups in total. The van der Waals surface area contributed by atoms with Crippen LogP contribution in [-0.4, -0.2) is 38.7 Å². The van der Waals surface area contributed by atoms with Crippen molar-refractivity contribution in [2.45, 2.75) is 20.3 Å². The van der Waals surface area contributed by atoms with Crippen molar-refractivity contribution >= 4 is 15.7 Å². The van der Waals surface area contributed by atoms with Crippen molar-refractivity contribution in [2.75, 3.05) is 31.7 Å². The fraction of sp³-hybridized carbons (Fsp3) is 0.571. The number of sulfonamides is 1. The van der Waals surface area contributed by atoms with Crippen molar-refractivity contribution in [3.63, 3.8) is 0 Å². The Kier molecular flexibility index (Phi) is 6.29. The molecule has 0 amide bonds. The first-order chi connectivity index (χ1) is 9.35. The van der Waals surface area contributed by atoms with Crippen LogP contribution < -0.4 is 10.5 Å². The van der Waals surface area contributed by atoms with E-state index in [9.17, 15) is 8.42 Å². The SMILES string of the molecule is CCC(C)CN(C)S(=O)(=O)CCOc1cccc(N)c1. The van der Waals surface area contributed by atoms with Crippen LogP contribution in [0.15, 0.2) is 24.3 Å². The molecule has 0 aliphatic rings. The van der Waals surface area contributed by atoms with Crippen molar-refractivity contribution < 1.29 is 13.2 Å². The summed E-state index contributed by atoms with van der Waals surface area (Å²) in [7, 11) is -1.66.